The first-order valence-electron chi connectivity index (χ1n) is 7.31. The molecule has 5 nitrogen and oxygen atoms in total. The molecular formula is C14H24N4OS. The molecule has 0 aromatic carbocycles. The minimum Gasteiger partial charge on any atom is -0.393 e. The van der Waals surface area contributed by atoms with Crippen LogP contribution in [0.15, 0.2) is 11.2 Å². The number of hydrogen-bond acceptors (Lipinski definition) is 4. The van der Waals surface area contributed by atoms with Crippen molar-refractivity contribution in [1.82, 2.24) is 15.6 Å². The van der Waals surface area contributed by atoms with Crippen molar-refractivity contribution in [2.45, 2.75) is 58.2 Å². The van der Waals surface area contributed by atoms with Gasteiger partial charge in [-0.2, -0.15) is 0 Å². The van der Waals surface area contributed by atoms with Gasteiger partial charge in [0.05, 0.1) is 17.7 Å². The van der Waals surface area contributed by atoms with E-state index < -0.39 is 0 Å². The van der Waals surface area contributed by atoms with Crippen molar-refractivity contribution >= 4 is 17.3 Å². The van der Waals surface area contributed by atoms with Gasteiger partial charge in [0.1, 0.15) is 0 Å². The molecule has 20 heavy (non-hydrogen) atoms. The molecule has 1 aliphatic carbocycles. The summed E-state index contributed by atoms with van der Waals surface area (Å²) in [6.45, 7) is 5.59. The van der Waals surface area contributed by atoms with Crippen molar-refractivity contribution in [2.24, 2.45) is 4.99 Å². The Morgan fingerprint density at radius 3 is 2.80 bits per heavy atom. The van der Waals surface area contributed by atoms with Crippen molar-refractivity contribution in [3.05, 3.63) is 16.1 Å². The molecule has 1 aliphatic rings. The number of aliphatic hydroxyl groups excluding tert-OH is 1. The summed E-state index contributed by atoms with van der Waals surface area (Å²) in [5.41, 5.74) is 0. The lowest BCUT2D eigenvalue weighted by atomic mass is 9.93. The van der Waals surface area contributed by atoms with Crippen LogP contribution < -0.4 is 10.6 Å². The van der Waals surface area contributed by atoms with Crippen LogP contribution in [0.1, 0.15) is 42.5 Å². The van der Waals surface area contributed by atoms with E-state index in [0.717, 1.165) is 43.2 Å². The molecule has 1 heterocycles. The molecule has 0 spiro atoms. The SMILES string of the molecule is CCNC(=NCc1cnc(C)s1)NC1CCC(O)CC1. The van der Waals surface area contributed by atoms with Gasteiger partial charge in [-0.25, -0.2) is 9.98 Å². The van der Waals surface area contributed by atoms with E-state index in [-0.39, 0.29) is 6.10 Å². The highest BCUT2D eigenvalue weighted by atomic mass is 32.1. The van der Waals surface area contributed by atoms with E-state index in [4.69, 9.17) is 0 Å². The molecule has 1 saturated carbocycles. The number of hydrogen-bond donors (Lipinski definition) is 3. The number of aryl methyl sites for hydroxylation is 1. The van der Waals surface area contributed by atoms with Gasteiger partial charge in [-0.05, 0) is 39.5 Å². The van der Waals surface area contributed by atoms with Crippen molar-refractivity contribution in [2.75, 3.05) is 6.54 Å². The Hall–Kier alpha value is -1.14. The van der Waals surface area contributed by atoms with Gasteiger partial charge < -0.3 is 15.7 Å². The summed E-state index contributed by atoms with van der Waals surface area (Å²) in [5.74, 6) is 0.861. The fourth-order valence-electron chi connectivity index (χ4n) is 2.37. The quantitative estimate of drug-likeness (QED) is 0.585. The third-order valence-electron chi connectivity index (χ3n) is 3.44. The van der Waals surface area contributed by atoms with Crippen LogP contribution in [0, 0.1) is 6.92 Å². The molecule has 0 amide bonds. The normalized spacial score (nSPS) is 23.6. The van der Waals surface area contributed by atoms with E-state index in [1.807, 2.05) is 13.1 Å². The zero-order chi connectivity index (χ0) is 14.4. The minimum absolute atomic E-state index is 0.118. The topological polar surface area (TPSA) is 69.5 Å². The minimum atomic E-state index is -0.118. The molecule has 0 aliphatic heterocycles. The monoisotopic (exact) mass is 296 g/mol. The van der Waals surface area contributed by atoms with Crippen molar-refractivity contribution in [1.29, 1.82) is 0 Å². The second-order valence-corrected chi connectivity index (χ2v) is 6.51. The summed E-state index contributed by atoms with van der Waals surface area (Å²) in [6.07, 6.45) is 5.55. The van der Waals surface area contributed by atoms with Crippen LogP contribution in [0.4, 0.5) is 0 Å². The number of aliphatic hydroxyl groups is 1. The molecule has 1 fully saturated rings. The molecule has 0 unspecified atom stereocenters. The van der Waals surface area contributed by atoms with E-state index in [9.17, 15) is 5.11 Å². The largest absolute Gasteiger partial charge is 0.393 e. The molecule has 1 aromatic heterocycles. The Kier molecular flexibility index (Phi) is 5.79. The van der Waals surface area contributed by atoms with Crippen LogP contribution in [0.25, 0.3) is 0 Å². The second kappa shape index (κ2) is 7.59. The van der Waals surface area contributed by atoms with Gasteiger partial charge in [-0.15, -0.1) is 11.3 Å². The summed E-state index contributed by atoms with van der Waals surface area (Å²) in [4.78, 5) is 10.0. The van der Waals surface area contributed by atoms with E-state index in [0.29, 0.717) is 12.6 Å². The average Bonchev–Trinajstić information content (AvgIpc) is 2.85. The predicted octanol–water partition coefficient (Wildman–Crippen LogP) is 1.81. The number of rotatable bonds is 4. The Labute approximate surface area is 124 Å². The molecule has 3 N–H and O–H groups in total. The Morgan fingerprint density at radius 1 is 1.45 bits per heavy atom. The van der Waals surface area contributed by atoms with Crippen LogP contribution >= 0.6 is 11.3 Å². The lowest BCUT2D eigenvalue weighted by molar-refractivity contribution is 0.120. The summed E-state index contributed by atoms with van der Waals surface area (Å²) < 4.78 is 0. The maximum atomic E-state index is 9.54. The van der Waals surface area contributed by atoms with Gasteiger partial charge in [0.15, 0.2) is 5.96 Å². The first-order valence-corrected chi connectivity index (χ1v) is 8.13. The number of guanidine groups is 1. The molecule has 0 saturated heterocycles. The summed E-state index contributed by atoms with van der Waals surface area (Å²) >= 11 is 1.69. The lowest BCUT2D eigenvalue weighted by Crippen LogP contribution is -2.45. The van der Waals surface area contributed by atoms with Crippen molar-refractivity contribution < 1.29 is 5.11 Å². The maximum absolute atomic E-state index is 9.54. The van der Waals surface area contributed by atoms with E-state index in [2.05, 4.69) is 27.5 Å². The van der Waals surface area contributed by atoms with E-state index >= 15 is 0 Å². The smallest absolute Gasteiger partial charge is 0.191 e. The average molecular weight is 296 g/mol. The molecule has 112 valence electrons. The second-order valence-electron chi connectivity index (χ2n) is 5.19. The molecule has 2 rings (SSSR count). The number of nitrogens with one attached hydrogen (secondary N) is 2. The Morgan fingerprint density at radius 2 is 2.20 bits per heavy atom. The number of aliphatic imine (C=N–C) groups is 1. The van der Waals surface area contributed by atoms with Gasteiger partial charge in [0.2, 0.25) is 0 Å². The molecule has 0 bridgehead atoms. The first kappa shape index (κ1) is 15.3. The highest BCUT2D eigenvalue weighted by molar-refractivity contribution is 7.11. The molecule has 0 radical (unpaired) electrons. The molecule has 0 atom stereocenters. The Balaban J connectivity index is 1.88. The van der Waals surface area contributed by atoms with Gasteiger partial charge in [-0.1, -0.05) is 0 Å². The maximum Gasteiger partial charge on any atom is 0.191 e. The number of aromatic nitrogens is 1. The highest BCUT2D eigenvalue weighted by Crippen LogP contribution is 2.18. The number of thiazole rings is 1. The Bertz CT molecular complexity index is 438. The third kappa shape index (κ3) is 4.76. The zero-order valence-electron chi connectivity index (χ0n) is 12.2. The lowest BCUT2D eigenvalue weighted by Gasteiger charge is -2.27. The number of nitrogens with zero attached hydrogens (tertiary/aromatic N) is 2. The van der Waals surface area contributed by atoms with Gasteiger partial charge >= 0.3 is 0 Å². The zero-order valence-corrected chi connectivity index (χ0v) is 13.0. The van der Waals surface area contributed by atoms with Gasteiger partial charge in [-0.3, -0.25) is 0 Å². The van der Waals surface area contributed by atoms with Crippen molar-refractivity contribution in [3.8, 4) is 0 Å². The third-order valence-corrected chi connectivity index (χ3v) is 4.34. The van der Waals surface area contributed by atoms with Crippen LogP contribution in [0.2, 0.25) is 0 Å². The van der Waals surface area contributed by atoms with Crippen LogP contribution in [0.5, 0.6) is 0 Å². The van der Waals surface area contributed by atoms with E-state index in [1.165, 1.54) is 4.88 Å². The van der Waals surface area contributed by atoms with Crippen molar-refractivity contribution in [3.63, 3.8) is 0 Å². The summed E-state index contributed by atoms with van der Waals surface area (Å²) in [6, 6.07) is 0.416. The van der Waals surface area contributed by atoms with Crippen LogP contribution in [-0.2, 0) is 6.54 Å². The van der Waals surface area contributed by atoms with Gasteiger partial charge in [0, 0.05) is 23.7 Å². The van der Waals surface area contributed by atoms with Gasteiger partial charge in [0.25, 0.3) is 0 Å². The first-order chi connectivity index (χ1) is 9.67. The summed E-state index contributed by atoms with van der Waals surface area (Å²) in [7, 11) is 0. The van der Waals surface area contributed by atoms with E-state index in [1.54, 1.807) is 11.3 Å². The standard InChI is InChI=1S/C14H24N4OS/c1-3-15-14(17-9-13-8-16-10(2)20-13)18-11-4-6-12(19)7-5-11/h8,11-12,19H,3-7,9H2,1-2H3,(H2,15,17,18). The molecule has 1 aromatic rings. The predicted molar refractivity (Wildman–Crippen MR) is 83.1 cm³/mol. The fraction of sp³-hybridized carbons (Fsp3) is 0.714. The van der Waals surface area contributed by atoms with Crippen LogP contribution in [0.3, 0.4) is 0 Å². The summed E-state index contributed by atoms with van der Waals surface area (Å²) in [5, 5.41) is 17.4. The van der Waals surface area contributed by atoms with Crippen LogP contribution in [-0.4, -0.2) is 34.7 Å². The highest BCUT2D eigenvalue weighted by Gasteiger charge is 2.19. The fourth-order valence-corrected chi connectivity index (χ4v) is 3.09. The molecular weight excluding hydrogens is 272 g/mol. The molecule has 6 heteroatoms.